The second-order valence-corrected chi connectivity index (χ2v) is 5.84. The predicted octanol–water partition coefficient (Wildman–Crippen LogP) is 3.15. The van der Waals surface area contributed by atoms with Crippen LogP contribution in [-0.4, -0.2) is 28.2 Å². The number of hydroxylamine groups is 2. The highest BCUT2D eigenvalue weighted by Gasteiger charge is 2.34. The lowest BCUT2D eigenvalue weighted by molar-refractivity contribution is -0.180. The van der Waals surface area contributed by atoms with Crippen LogP contribution < -0.4 is 0 Å². The van der Waals surface area contributed by atoms with Gasteiger partial charge >= 0.3 is 5.92 Å². The van der Waals surface area contributed by atoms with E-state index in [1.54, 1.807) is 24.3 Å². The number of halogens is 2. The summed E-state index contributed by atoms with van der Waals surface area (Å²) in [4.78, 5) is 20.9. The minimum atomic E-state index is -3.17. The van der Waals surface area contributed by atoms with Gasteiger partial charge < -0.3 is 4.52 Å². The molecule has 0 atom stereocenters. The maximum absolute atomic E-state index is 13.1. The van der Waals surface area contributed by atoms with Gasteiger partial charge in [0.2, 0.25) is 11.7 Å². The molecule has 1 aromatic heterocycles. The first-order chi connectivity index (χ1) is 11.4. The molecule has 0 N–H and O–H groups in total. The van der Waals surface area contributed by atoms with Crippen molar-refractivity contribution in [1.82, 2.24) is 15.2 Å². The molecule has 1 fully saturated rings. The molecule has 8 heteroatoms. The van der Waals surface area contributed by atoms with Crippen LogP contribution in [0.5, 0.6) is 0 Å². The second kappa shape index (κ2) is 6.27. The minimum Gasteiger partial charge on any atom is -0.332 e. The standard InChI is InChI=1S/C16H17F2N3O3/c1-16(17,18)15-19-13(20-24-15)11-5-3-10(4-6-11)9-21(23-2)14(22)12-7-8-12/h3-6,12H,7-9H2,1-2H3. The summed E-state index contributed by atoms with van der Waals surface area (Å²) in [5.74, 6) is -3.75. The molecule has 6 nitrogen and oxygen atoms in total. The van der Waals surface area contributed by atoms with Crippen LogP contribution in [0.4, 0.5) is 8.78 Å². The molecule has 1 aliphatic carbocycles. The number of nitrogens with zero attached hydrogens (tertiary/aromatic N) is 3. The highest BCUT2D eigenvalue weighted by atomic mass is 19.3. The van der Waals surface area contributed by atoms with Gasteiger partial charge in [-0.25, -0.2) is 5.06 Å². The third kappa shape index (κ3) is 3.59. The van der Waals surface area contributed by atoms with E-state index in [4.69, 9.17) is 4.84 Å². The summed E-state index contributed by atoms with van der Waals surface area (Å²) < 4.78 is 30.8. The Labute approximate surface area is 137 Å². The number of benzene rings is 1. The van der Waals surface area contributed by atoms with Crippen molar-refractivity contribution in [3.8, 4) is 11.4 Å². The molecule has 0 saturated heterocycles. The summed E-state index contributed by atoms with van der Waals surface area (Å²) in [6.07, 6.45) is 1.81. The van der Waals surface area contributed by atoms with Gasteiger partial charge in [0.15, 0.2) is 0 Å². The molecule has 0 unspecified atom stereocenters. The fourth-order valence-corrected chi connectivity index (χ4v) is 2.21. The molecule has 1 heterocycles. The van der Waals surface area contributed by atoms with Crippen molar-refractivity contribution >= 4 is 5.91 Å². The lowest BCUT2D eigenvalue weighted by Crippen LogP contribution is -2.30. The van der Waals surface area contributed by atoms with Crippen LogP contribution in [0.25, 0.3) is 11.4 Å². The maximum Gasteiger partial charge on any atom is 0.322 e. The first kappa shape index (κ1) is 16.5. The van der Waals surface area contributed by atoms with Crippen molar-refractivity contribution in [1.29, 1.82) is 0 Å². The molecule has 128 valence electrons. The van der Waals surface area contributed by atoms with Gasteiger partial charge in [-0.3, -0.25) is 9.63 Å². The number of carbonyl (C=O) groups is 1. The van der Waals surface area contributed by atoms with Gasteiger partial charge in [0.05, 0.1) is 13.7 Å². The van der Waals surface area contributed by atoms with E-state index < -0.39 is 11.8 Å². The van der Waals surface area contributed by atoms with Crippen molar-refractivity contribution in [2.45, 2.75) is 32.2 Å². The van der Waals surface area contributed by atoms with Crippen molar-refractivity contribution < 1.29 is 22.9 Å². The Morgan fingerprint density at radius 1 is 1.38 bits per heavy atom. The quantitative estimate of drug-likeness (QED) is 0.758. The Hall–Kier alpha value is -2.35. The molecule has 1 aliphatic rings. The van der Waals surface area contributed by atoms with Crippen LogP contribution in [0.15, 0.2) is 28.8 Å². The van der Waals surface area contributed by atoms with Gasteiger partial charge in [0, 0.05) is 18.4 Å². The fraction of sp³-hybridized carbons (Fsp3) is 0.438. The molecular weight excluding hydrogens is 320 g/mol. The van der Waals surface area contributed by atoms with Crippen molar-refractivity contribution in [2.24, 2.45) is 5.92 Å². The summed E-state index contributed by atoms with van der Waals surface area (Å²) in [7, 11) is 1.46. The number of hydrogen-bond donors (Lipinski definition) is 0. The largest absolute Gasteiger partial charge is 0.332 e. The summed E-state index contributed by atoms with van der Waals surface area (Å²) in [5.41, 5.74) is 1.40. The van der Waals surface area contributed by atoms with Gasteiger partial charge in [0.25, 0.3) is 5.89 Å². The zero-order valence-corrected chi connectivity index (χ0v) is 13.3. The maximum atomic E-state index is 13.1. The molecule has 1 saturated carbocycles. The number of alkyl halides is 2. The smallest absolute Gasteiger partial charge is 0.322 e. The molecule has 1 amide bonds. The van der Waals surface area contributed by atoms with Crippen molar-refractivity contribution in [3.63, 3.8) is 0 Å². The lowest BCUT2D eigenvalue weighted by Gasteiger charge is -2.19. The highest BCUT2D eigenvalue weighted by Crippen LogP contribution is 2.31. The Bertz CT molecular complexity index is 721. The average molecular weight is 337 g/mol. The predicted molar refractivity (Wildman–Crippen MR) is 79.6 cm³/mol. The molecule has 1 aromatic carbocycles. The Kier molecular flexibility index (Phi) is 4.31. The Morgan fingerprint density at radius 3 is 2.54 bits per heavy atom. The van der Waals surface area contributed by atoms with E-state index in [9.17, 15) is 13.6 Å². The van der Waals surface area contributed by atoms with Gasteiger partial charge in [0.1, 0.15) is 0 Å². The molecular formula is C16H17F2N3O3. The molecule has 0 radical (unpaired) electrons. The Balaban J connectivity index is 1.71. The number of rotatable bonds is 6. The van der Waals surface area contributed by atoms with Crippen LogP contribution in [0.3, 0.4) is 0 Å². The normalized spacial score (nSPS) is 14.7. The topological polar surface area (TPSA) is 68.5 Å². The number of aromatic nitrogens is 2. The van der Waals surface area contributed by atoms with E-state index in [1.165, 1.54) is 12.2 Å². The van der Waals surface area contributed by atoms with Crippen LogP contribution in [-0.2, 0) is 22.1 Å². The summed E-state index contributed by atoms with van der Waals surface area (Å²) in [5, 5.41) is 4.89. The molecule has 2 aromatic rings. The lowest BCUT2D eigenvalue weighted by atomic mass is 10.1. The second-order valence-electron chi connectivity index (χ2n) is 5.84. The van der Waals surface area contributed by atoms with Gasteiger partial charge in [-0.1, -0.05) is 29.4 Å². The number of hydrogen-bond acceptors (Lipinski definition) is 5. The van der Waals surface area contributed by atoms with E-state index in [0.29, 0.717) is 19.0 Å². The first-order valence-corrected chi connectivity index (χ1v) is 7.55. The van der Waals surface area contributed by atoms with Crippen molar-refractivity contribution in [3.05, 3.63) is 35.7 Å². The van der Waals surface area contributed by atoms with Gasteiger partial charge in [-0.2, -0.15) is 13.8 Å². The summed E-state index contributed by atoms with van der Waals surface area (Å²) in [6.45, 7) is 1.01. The molecule has 0 bridgehead atoms. The number of amides is 1. The van der Waals surface area contributed by atoms with Crippen LogP contribution in [0.2, 0.25) is 0 Å². The van der Waals surface area contributed by atoms with Gasteiger partial charge in [-0.05, 0) is 18.4 Å². The number of carbonyl (C=O) groups excluding carboxylic acids is 1. The van der Waals surface area contributed by atoms with E-state index >= 15 is 0 Å². The van der Waals surface area contributed by atoms with Crippen LogP contribution in [0.1, 0.15) is 31.2 Å². The summed E-state index contributed by atoms with van der Waals surface area (Å²) >= 11 is 0. The zero-order chi connectivity index (χ0) is 17.3. The monoisotopic (exact) mass is 337 g/mol. The van der Waals surface area contributed by atoms with E-state index in [1.807, 2.05) is 0 Å². The zero-order valence-electron chi connectivity index (χ0n) is 13.3. The Morgan fingerprint density at radius 2 is 2.04 bits per heavy atom. The third-order valence-corrected chi connectivity index (χ3v) is 3.73. The average Bonchev–Trinajstić information content (AvgIpc) is 3.27. The highest BCUT2D eigenvalue weighted by molar-refractivity contribution is 5.80. The van der Waals surface area contributed by atoms with Crippen LogP contribution in [0, 0.1) is 5.92 Å². The molecule has 3 rings (SSSR count). The third-order valence-electron chi connectivity index (χ3n) is 3.73. The van der Waals surface area contributed by atoms with Gasteiger partial charge in [-0.15, -0.1) is 0 Å². The molecule has 0 spiro atoms. The van der Waals surface area contributed by atoms with Crippen molar-refractivity contribution in [2.75, 3.05) is 7.11 Å². The molecule has 0 aliphatic heterocycles. The molecule has 24 heavy (non-hydrogen) atoms. The minimum absolute atomic E-state index is 0.0189. The fourth-order valence-electron chi connectivity index (χ4n) is 2.21. The van der Waals surface area contributed by atoms with E-state index in [2.05, 4.69) is 14.7 Å². The SMILES string of the molecule is CON(Cc1ccc(-c2noc(C(C)(F)F)n2)cc1)C(=O)C1CC1. The summed E-state index contributed by atoms with van der Waals surface area (Å²) in [6, 6.07) is 6.91. The van der Waals surface area contributed by atoms with E-state index in [-0.39, 0.29) is 17.6 Å². The van der Waals surface area contributed by atoms with Crippen LogP contribution >= 0.6 is 0 Å². The van der Waals surface area contributed by atoms with E-state index in [0.717, 1.165) is 18.4 Å². The first-order valence-electron chi connectivity index (χ1n) is 7.55.